The molecule has 0 aliphatic heterocycles. The van der Waals surface area contributed by atoms with Crippen LogP contribution in [0.25, 0.3) is 0 Å². The topological polar surface area (TPSA) is 38.0 Å². The normalized spacial score (nSPS) is 14.1. The molecule has 0 saturated heterocycles. The van der Waals surface area contributed by atoms with E-state index in [1.54, 1.807) is 0 Å². The molecule has 0 fully saturated rings. The van der Waals surface area contributed by atoms with E-state index in [1.807, 2.05) is 11.3 Å². The molecule has 0 bridgehead atoms. The van der Waals surface area contributed by atoms with Gasteiger partial charge in [-0.15, -0.1) is 11.3 Å². The lowest BCUT2D eigenvalue weighted by Crippen LogP contribution is -2.37. The fraction of sp³-hybridized carbons (Fsp3) is 0.692. The number of hydrogen-bond acceptors (Lipinski definition) is 3. The predicted molar refractivity (Wildman–Crippen MR) is 72.8 cm³/mol. The summed E-state index contributed by atoms with van der Waals surface area (Å²) in [6, 6.07) is 2.44. The van der Waals surface area contributed by atoms with Crippen LogP contribution >= 0.6 is 11.3 Å². The third kappa shape index (κ3) is 4.24. The van der Waals surface area contributed by atoms with E-state index < -0.39 is 0 Å². The smallest absolute Gasteiger partial charge is 0.0302 e. The first kappa shape index (κ1) is 13.7. The Morgan fingerprint density at radius 1 is 1.44 bits per heavy atom. The maximum atomic E-state index is 6.10. The van der Waals surface area contributed by atoms with Gasteiger partial charge in [0.05, 0.1) is 0 Å². The summed E-state index contributed by atoms with van der Waals surface area (Å²) >= 11 is 1.82. The van der Waals surface area contributed by atoms with Gasteiger partial charge in [-0.3, -0.25) is 0 Å². The summed E-state index contributed by atoms with van der Waals surface area (Å²) in [4.78, 5) is 1.43. The van der Waals surface area contributed by atoms with Crippen LogP contribution in [0, 0.1) is 12.3 Å². The molecule has 0 aromatic carbocycles. The van der Waals surface area contributed by atoms with Crippen LogP contribution in [0.5, 0.6) is 0 Å². The highest BCUT2D eigenvalue weighted by Gasteiger charge is 2.19. The van der Waals surface area contributed by atoms with Crippen LogP contribution in [0.2, 0.25) is 0 Å². The second-order valence-corrected chi connectivity index (χ2v) is 6.47. The summed E-state index contributed by atoms with van der Waals surface area (Å²) < 4.78 is 0. The number of nitrogens with two attached hydrogens (primary N) is 1. The molecular formula is C13H24N2S. The highest BCUT2D eigenvalue weighted by Crippen LogP contribution is 2.19. The second-order valence-electron chi connectivity index (χ2n) is 5.46. The summed E-state index contributed by atoms with van der Waals surface area (Å²) in [5.74, 6) is 0. The van der Waals surface area contributed by atoms with Crippen molar-refractivity contribution >= 4 is 11.3 Å². The molecule has 1 atom stereocenters. The Balaban J connectivity index is 2.20. The third-order valence-electron chi connectivity index (χ3n) is 3.00. The second kappa shape index (κ2) is 5.80. The summed E-state index contributed by atoms with van der Waals surface area (Å²) in [5, 5.41) is 5.61. The van der Waals surface area contributed by atoms with E-state index in [9.17, 15) is 0 Å². The third-order valence-corrected chi connectivity index (χ3v) is 4.02. The Morgan fingerprint density at radius 3 is 2.62 bits per heavy atom. The first-order chi connectivity index (χ1) is 7.41. The Morgan fingerprint density at radius 2 is 2.12 bits per heavy atom. The van der Waals surface area contributed by atoms with E-state index in [4.69, 9.17) is 5.73 Å². The molecule has 0 aliphatic rings. The fourth-order valence-electron chi connectivity index (χ4n) is 1.48. The molecule has 0 radical (unpaired) electrons. The Bertz CT molecular complexity index is 312. The Hall–Kier alpha value is -0.380. The van der Waals surface area contributed by atoms with Crippen LogP contribution in [0.1, 0.15) is 37.6 Å². The van der Waals surface area contributed by atoms with E-state index in [-0.39, 0.29) is 11.5 Å². The lowest BCUT2D eigenvalue weighted by molar-refractivity contribution is 0.302. The quantitative estimate of drug-likeness (QED) is 0.777. The standard InChI is InChI=1S/C13H24N2S/c1-10-6-8-16-11(10)9-15-7-5-12(14)13(2,3)4/h6,8,12,15H,5,7,9,14H2,1-4H3. The van der Waals surface area contributed by atoms with E-state index in [0.717, 1.165) is 19.5 Å². The molecule has 1 aromatic rings. The molecule has 1 aromatic heterocycles. The van der Waals surface area contributed by atoms with Crippen molar-refractivity contribution in [1.29, 1.82) is 0 Å². The lowest BCUT2D eigenvalue weighted by atomic mass is 9.85. The molecule has 16 heavy (non-hydrogen) atoms. The lowest BCUT2D eigenvalue weighted by Gasteiger charge is -2.27. The van der Waals surface area contributed by atoms with Crippen molar-refractivity contribution < 1.29 is 0 Å². The van der Waals surface area contributed by atoms with Crippen molar-refractivity contribution in [2.24, 2.45) is 11.1 Å². The first-order valence-corrected chi connectivity index (χ1v) is 6.78. The number of thiophene rings is 1. The molecule has 1 rings (SSSR count). The van der Waals surface area contributed by atoms with E-state index >= 15 is 0 Å². The van der Waals surface area contributed by atoms with E-state index in [0.29, 0.717) is 0 Å². The van der Waals surface area contributed by atoms with Gasteiger partial charge in [0.15, 0.2) is 0 Å². The van der Waals surface area contributed by atoms with Crippen molar-refractivity contribution in [1.82, 2.24) is 5.32 Å². The minimum atomic E-state index is 0.209. The molecule has 0 amide bonds. The van der Waals surface area contributed by atoms with Gasteiger partial charge in [0, 0.05) is 17.5 Å². The molecular weight excluding hydrogens is 216 g/mol. The van der Waals surface area contributed by atoms with Crippen molar-refractivity contribution in [2.45, 2.75) is 46.7 Å². The monoisotopic (exact) mass is 240 g/mol. The highest BCUT2D eigenvalue weighted by atomic mass is 32.1. The zero-order valence-corrected chi connectivity index (χ0v) is 11.7. The first-order valence-electron chi connectivity index (χ1n) is 5.90. The van der Waals surface area contributed by atoms with Gasteiger partial charge >= 0.3 is 0 Å². The van der Waals surface area contributed by atoms with Gasteiger partial charge in [0.25, 0.3) is 0 Å². The molecule has 0 saturated carbocycles. The molecule has 3 heteroatoms. The Kier molecular flexibility index (Phi) is 4.96. The molecule has 3 N–H and O–H groups in total. The van der Waals surface area contributed by atoms with Gasteiger partial charge in [-0.25, -0.2) is 0 Å². The molecule has 2 nitrogen and oxygen atoms in total. The van der Waals surface area contributed by atoms with Crippen molar-refractivity contribution in [3.8, 4) is 0 Å². The largest absolute Gasteiger partial charge is 0.327 e. The highest BCUT2D eigenvalue weighted by molar-refractivity contribution is 7.10. The van der Waals surface area contributed by atoms with Crippen molar-refractivity contribution in [3.63, 3.8) is 0 Å². The molecule has 1 heterocycles. The number of nitrogens with one attached hydrogen (secondary N) is 1. The van der Waals surface area contributed by atoms with Crippen molar-refractivity contribution in [3.05, 3.63) is 21.9 Å². The summed E-state index contributed by atoms with van der Waals surface area (Å²) in [5.41, 5.74) is 7.70. The maximum Gasteiger partial charge on any atom is 0.0302 e. The van der Waals surface area contributed by atoms with Gasteiger partial charge in [-0.2, -0.15) is 0 Å². The summed E-state index contributed by atoms with van der Waals surface area (Å²) in [6.07, 6.45) is 1.04. The Labute approximate surface area is 103 Å². The SMILES string of the molecule is Cc1ccsc1CNCCC(N)C(C)(C)C. The van der Waals surface area contributed by atoms with Gasteiger partial charge in [-0.1, -0.05) is 20.8 Å². The molecule has 0 spiro atoms. The van der Waals surface area contributed by atoms with E-state index in [1.165, 1.54) is 10.4 Å². The number of aryl methyl sites for hydroxylation is 1. The van der Waals surface area contributed by atoms with Crippen LogP contribution in [0.15, 0.2) is 11.4 Å². The molecule has 1 unspecified atom stereocenters. The van der Waals surface area contributed by atoms with Gasteiger partial charge in [-0.05, 0) is 42.3 Å². The molecule has 92 valence electrons. The van der Waals surface area contributed by atoms with Crippen molar-refractivity contribution in [2.75, 3.05) is 6.54 Å². The van der Waals surface area contributed by atoms with Gasteiger partial charge < -0.3 is 11.1 Å². The zero-order chi connectivity index (χ0) is 12.2. The van der Waals surface area contributed by atoms with Crippen LogP contribution < -0.4 is 11.1 Å². The van der Waals surface area contributed by atoms with Gasteiger partial charge in [0.2, 0.25) is 0 Å². The maximum absolute atomic E-state index is 6.10. The van der Waals surface area contributed by atoms with E-state index in [2.05, 4.69) is 44.5 Å². The van der Waals surface area contributed by atoms with Gasteiger partial charge in [0.1, 0.15) is 0 Å². The average Bonchev–Trinajstić information content (AvgIpc) is 2.57. The fourth-order valence-corrected chi connectivity index (χ4v) is 2.35. The average molecular weight is 240 g/mol. The van der Waals surface area contributed by atoms with Crippen LogP contribution in [0.4, 0.5) is 0 Å². The summed E-state index contributed by atoms with van der Waals surface area (Å²) in [7, 11) is 0. The zero-order valence-electron chi connectivity index (χ0n) is 10.8. The van der Waals surface area contributed by atoms with Crippen LogP contribution in [-0.4, -0.2) is 12.6 Å². The van der Waals surface area contributed by atoms with Crippen LogP contribution in [0.3, 0.4) is 0 Å². The number of hydrogen-bond donors (Lipinski definition) is 2. The molecule has 0 aliphatic carbocycles. The minimum absolute atomic E-state index is 0.209. The number of rotatable bonds is 5. The minimum Gasteiger partial charge on any atom is -0.327 e. The van der Waals surface area contributed by atoms with Crippen LogP contribution in [-0.2, 0) is 6.54 Å². The summed E-state index contributed by atoms with van der Waals surface area (Å²) in [6.45, 7) is 10.7. The predicted octanol–water partition coefficient (Wildman–Crippen LogP) is 2.91.